The molecule has 3 aromatic rings. The molecular formula is C22H30N4O2Si. The van der Waals surface area contributed by atoms with Crippen molar-refractivity contribution in [1.29, 1.82) is 0 Å². The van der Waals surface area contributed by atoms with Crippen LogP contribution in [0.3, 0.4) is 0 Å². The van der Waals surface area contributed by atoms with Crippen LogP contribution < -0.4 is 5.32 Å². The Morgan fingerprint density at radius 1 is 1.14 bits per heavy atom. The van der Waals surface area contributed by atoms with Gasteiger partial charge < -0.3 is 10.1 Å². The van der Waals surface area contributed by atoms with Gasteiger partial charge in [0, 0.05) is 38.9 Å². The fraction of sp³-hybridized carbons (Fsp3) is 0.409. The standard InChI is InChI=1S/C22H30N4O2Si/c1-5-6-21(27)24-22-19-8-7-18(17-9-11-23-12-10-17)15-20(19)26(25-22)16-28-13-14-29(2,3)4/h7-12,15H,5-6,13-14,16H2,1-4H3,(H,24,25,27). The lowest BCUT2D eigenvalue weighted by Crippen LogP contribution is -2.22. The molecule has 3 rings (SSSR count). The van der Waals surface area contributed by atoms with E-state index < -0.39 is 8.07 Å². The molecule has 1 amide bonds. The Balaban J connectivity index is 1.90. The third-order valence-electron chi connectivity index (χ3n) is 4.71. The van der Waals surface area contributed by atoms with E-state index >= 15 is 0 Å². The molecule has 0 aliphatic heterocycles. The summed E-state index contributed by atoms with van der Waals surface area (Å²) in [5.41, 5.74) is 3.11. The molecule has 2 heterocycles. The summed E-state index contributed by atoms with van der Waals surface area (Å²) in [4.78, 5) is 16.2. The molecule has 0 unspecified atom stereocenters. The van der Waals surface area contributed by atoms with Crippen molar-refractivity contribution in [2.45, 2.75) is 52.2 Å². The van der Waals surface area contributed by atoms with Crippen LogP contribution in [-0.2, 0) is 16.3 Å². The molecule has 154 valence electrons. The smallest absolute Gasteiger partial charge is 0.225 e. The predicted octanol–water partition coefficient (Wildman–Crippen LogP) is 5.15. The molecule has 0 radical (unpaired) electrons. The molecule has 0 atom stereocenters. The van der Waals surface area contributed by atoms with Crippen molar-refractivity contribution in [3.05, 3.63) is 42.7 Å². The number of hydrogen-bond acceptors (Lipinski definition) is 4. The molecule has 29 heavy (non-hydrogen) atoms. The largest absolute Gasteiger partial charge is 0.360 e. The fourth-order valence-corrected chi connectivity index (χ4v) is 3.80. The molecule has 2 aromatic heterocycles. The molecule has 0 aliphatic rings. The van der Waals surface area contributed by atoms with E-state index in [9.17, 15) is 4.79 Å². The third-order valence-corrected chi connectivity index (χ3v) is 6.41. The number of anilines is 1. The summed E-state index contributed by atoms with van der Waals surface area (Å²) >= 11 is 0. The van der Waals surface area contributed by atoms with Crippen molar-refractivity contribution < 1.29 is 9.53 Å². The molecule has 7 heteroatoms. The number of pyridine rings is 1. The van der Waals surface area contributed by atoms with Gasteiger partial charge in [-0.25, -0.2) is 4.68 Å². The number of ether oxygens (including phenoxy) is 1. The second-order valence-corrected chi connectivity index (χ2v) is 14.1. The van der Waals surface area contributed by atoms with Crippen molar-refractivity contribution in [2.24, 2.45) is 0 Å². The van der Waals surface area contributed by atoms with E-state index in [0.29, 0.717) is 19.0 Å². The third kappa shape index (κ3) is 5.74. The van der Waals surface area contributed by atoms with Crippen LogP contribution in [0.5, 0.6) is 0 Å². The highest BCUT2D eigenvalue weighted by Gasteiger charge is 2.15. The first-order valence-electron chi connectivity index (χ1n) is 10.2. The Morgan fingerprint density at radius 3 is 2.59 bits per heavy atom. The zero-order valence-corrected chi connectivity index (χ0v) is 18.7. The monoisotopic (exact) mass is 410 g/mol. The molecule has 6 nitrogen and oxygen atoms in total. The van der Waals surface area contributed by atoms with E-state index in [1.165, 1.54) is 0 Å². The van der Waals surface area contributed by atoms with Gasteiger partial charge in [-0.15, -0.1) is 0 Å². The van der Waals surface area contributed by atoms with Crippen LogP contribution in [-0.4, -0.2) is 35.4 Å². The minimum Gasteiger partial charge on any atom is -0.360 e. The topological polar surface area (TPSA) is 69.0 Å². The lowest BCUT2D eigenvalue weighted by atomic mass is 10.1. The van der Waals surface area contributed by atoms with Gasteiger partial charge in [-0.2, -0.15) is 5.10 Å². The Labute approximate surface area is 173 Å². The van der Waals surface area contributed by atoms with Crippen molar-refractivity contribution in [3.63, 3.8) is 0 Å². The highest BCUT2D eigenvalue weighted by atomic mass is 28.3. The van der Waals surface area contributed by atoms with Gasteiger partial charge in [-0.3, -0.25) is 9.78 Å². The van der Waals surface area contributed by atoms with Gasteiger partial charge in [0.05, 0.1) is 5.52 Å². The van der Waals surface area contributed by atoms with Crippen LogP contribution in [0.2, 0.25) is 25.7 Å². The number of benzene rings is 1. The average molecular weight is 411 g/mol. The molecule has 0 aliphatic carbocycles. The number of hydrogen-bond donors (Lipinski definition) is 1. The van der Waals surface area contributed by atoms with Crippen LogP contribution in [0.25, 0.3) is 22.0 Å². The molecular weight excluding hydrogens is 380 g/mol. The van der Waals surface area contributed by atoms with E-state index in [1.54, 1.807) is 12.4 Å². The van der Waals surface area contributed by atoms with Crippen LogP contribution in [0.15, 0.2) is 42.7 Å². The molecule has 0 bridgehead atoms. The van der Waals surface area contributed by atoms with E-state index in [-0.39, 0.29) is 5.91 Å². The Morgan fingerprint density at radius 2 is 1.90 bits per heavy atom. The summed E-state index contributed by atoms with van der Waals surface area (Å²) in [5, 5.41) is 8.51. The van der Waals surface area contributed by atoms with Gasteiger partial charge in [0.15, 0.2) is 5.82 Å². The number of aromatic nitrogens is 3. The average Bonchev–Trinajstić information content (AvgIpc) is 3.02. The lowest BCUT2D eigenvalue weighted by Gasteiger charge is -2.15. The molecule has 0 spiro atoms. The normalized spacial score (nSPS) is 11.7. The fourth-order valence-electron chi connectivity index (χ4n) is 3.04. The van der Waals surface area contributed by atoms with E-state index in [1.807, 2.05) is 35.9 Å². The second kappa shape index (κ2) is 9.32. The molecule has 1 aromatic carbocycles. The maximum Gasteiger partial charge on any atom is 0.225 e. The number of fused-ring (bicyclic) bond motifs is 1. The van der Waals surface area contributed by atoms with E-state index in [4.69, 9.17) is 4.74 Å². The van der Waals surface area contributed by atoms with E-state index in [0.717, 1.165) is 41.1 Å². The summed E-state index contributed by atoms with van der Waals surface area (Å²) in [7, 11) is -1.15. The maximum atomic E-state index is 12.1. The summed E-state index contributed by atoms with van der Waals surface area (Å²) in [6.07, 6.45) is 4.85. The minimum atomic E-state index is -1.15. The lowest BCUT2D eigenvalue weighted by molar-refractivity contribution is -0.116. The molecule has 0 saturated carbocycles. The van der Waals surface area contributed by atoms with Crippen LogP contribution in [0.4, 0.5) is 5.82 Å². The molecule has 1 N–H and O–H groups in total. The minimum absolute atomic E-state index is 0.0167. The van der Waals surface area contributed by atoms with Crippen molar-refractivity contribution in [3.8, 4) is 11.1 Å². The summed E-state index contributed by atoms with van der Waals surface area (Å²) in [6, 6.07) is 11.2. The van der Waals surface area contributed by atoms with Crippen LogP contribution >= 0.6 is 0 Å². The van der Waals surface area contributed by atoms with Gasteiger partial charge in [0.25, 0.3) is 0 Å². The van der Waals surface area contributed by atoms with Crippen molar-refractivity contribution in [1.82, 2.24) is 14.8 Å². The first-order valence-corrected chi connectivity index (χ1v) is 13.9. The number of carbonyl (C=O) groups is 1. The van der Waals surface area contributed by atoms with Gasteiger partial charge in [0.2, 0.25) is 5.91 Å². The van der Waals surface area contributed by atoms with Crippen molar-refractivity contribution >= 4 is 30.7 Å². The zero-order valence-electron chi connectivity index (χ0n) is 17.7. The zero-order chi connectivity index (χ0) is 20.9. The highest BCUT2D eigenvalue weighted by Crippen LogP contribution is 2.29. The number of carbonyl (C=O) groups excluding carboxylic acids is 1. The first-order chi connectivity index (χ1) is 13.9. The van der Waals surface area contributed by atoms with Gasteiger partial charge >= 0.3 is 0 Å². The Kier molecular flexibility index (Phi) is 6.82. The quantitative estimate of drug-likeness (QED) is 0.391. The number of rotatable bonds is 9. The number of nitrogens with zero attached hydrogens (tertiary/aromatic N) is 3. The van der Waals surface area contributed by atoms with Crippen LogP contribution in [0.1, 0.15) is 19.8 Å². The van der Waals surface area contributed by atoms with Gasteiger partial charge in [-0.05, 0) is 47.9 Å². The second-order valence-electron chi connectivity index (χ2n) is 8.46. The summed E-state index contributed by atoms with van der Waals surface area (Å²) < 4.78 is 7.77. The molecule has 0 saturated heterocycles. The van der Waals surface area contributed by atoms with Gasteiger partial charge in [-0.1, -0.05) is 32.6 Å². The van der Waals surface area contributed by atoms with Crippen LogP contribution in [0, 0.1) is 0 Å². The first kappa shape index (κ1) is 21.2. The summed E-state index contributed by atoms with van der Waals surface area (Å²) in [5.74, 6) is 0.574. The number of amides is 1. The highest BCUT2D eigenvalue weighted by molar-refractivity contribution is 6.76. The molecule has 0 fully saturated rings. The van der Waals surface area contributed by atoms with E-state index in [2.05, 4.69) is 41.1 Å². The maximum absolute atomic E-state index is 12.1. The Bertz CT molecular complexity index is 964. The predicted molar refractivity (Wildman–Crippen MR) is 121 cm³/mol. The SMILES string of the molecule is CCCC(=O)Nc1nn(COCC[Si](C)(C)C)c2cc(-c3ccncc3)ccc12. The van der Waals surface area contributed by atoms with Crippen molar-refractivity contribution in [2.75, 3.05) is 11.9 Å². The number of nitrogens with one attached hydrogen (secondary N) is 1. The summed E-state index contributed by atoms with van der Waals surface area (Å²) in [6.45, 7) is 10.1. The van der Waals surface area contributed by atoms with Gasteiger partial charge in [0.1, 0.15) is 6.73 Å². The Hall–Kier alpha value is -2.51.